The quantitative estimate of drug-likeness (QED) is 0.784. The molecule has 1 aliphatic rings. The normalized spacial score (nSPS) is 13.3. The highest BCUT2D eigenvalue weighted by molar-refractivity contribution is 5.98. The summed E-state index contributed by atoms with van der Waals surface area (Å²) >= 11 is 0. The van der Waals surface area contributed by atoms with Crippen molar-refractivity contribution in [3.63, 3.8) is 0 Å². The van der Waals surface area contributed by atoms with Gasteiger partial charge < -0.3 is 20.1 Å². The van der Waals surface area contributed by atoms with Crippen molar-refractivity contribution >= 4 is 17.6 Å². The van der Waals surface area contributed by atoms with Crippen LogP contribution in [0.5, 0.6) is 11.5 Å². The van der Waals surface area contributed by atoms with Crippen LogP contribution in [0.4, 0.5) is 10.5 Å². The second-order valence-electron chi connectivity index (χ2n) is 6.12. The Labute approximate surface area is 158 Å². The largest absolute Gasteiger partial charge is 0.497 e. The number of anilines is 1. The number of methoxy groups -OCH3 is 2. The molecule has 0 saturated carbocycles. The summed E-state index contributed by atoms with van der Waals surface area (Å²) in [5, 5.41) is 5.66. The molecule has 142 valence electrons. The second kappa shape index (κ2) is 8.44. The molecule has 1 fully saturated rings. The van der Waals surface area contributed by atoms with Crippen LogP contribution in [0.25, 0.3) is 0 Å². The van der Waals surface area contributed by atoms with Gasteiger partial charge in [0.05, 0.1) is 14.2 Å². The Balaban J connectivity index is 1.62. The van der Waals surface area contributed by atoms with Crippen LogP contribution in [0, 0.1) is 0 Å². The van der Waals surface area contributed by atoms with E-state index in [0.717, 1.165) is 17.1 Å². The van der Waals surface area contributed by atoms with Gasteiger partial charge in [-0.2, -0.15) is 0 Å². The van der Waals surface area contributed by atoms with Crippen LogP contribution in [0.2, 0.25) is 0 Å². The van der Waals surface area contributed by atoms with Crippen molar-refractivity contribution in [3.8, 4) is 11.5 Å². The van der Waals surface area contributed by atoms with Gasteiger partial charge in [-0.05, 0) is 48.4 Å². The number of hydrogen-bond donors (Lipinski definition) is 2. The van der Waals surface area contributed by atoms with E-state index in [1.165, 1.54) is 0 Å². The SMILES string of the molecule is COc1ccc(OC)c(CCNC(=O)c2cccc(N3CCNC3=O)c2)c1. The summed E-state index contributed by atoms with van der Waals surface area (Å²) in [4.78, 5) is 25.9. The highest BCUT2D eigenvalue weighted by atomic mass is 16.5. The van der Waals surface area contributed by atoms with E-state index in [9.17, 15) is 9.59 Å². The lowest BCUT2D eigenvalue weighted by Crippen LogP contribution is -2.29. The van der Waals surface area contributed by atoms with E-state index in [2.05, 4.69) is 10.6 Å². The Morgan fingerprint density at radius 2 is 2.04 bits per heavy atom. The molecular weight excluding hydrogens is 346 g/mol. The first kappa shape index (κ1) is 18.6. The first-order valence-electron chi connectivity index (χ1n) is 8.77. The second-order valence-corrected chi connectivity index (χ2v) is 6.12. The molecule has 7 heteroatoms. The molecule has 1 saturated heterocycles. The van der Waals surface area contributed by atoms with Gasteiger partial charge in [0, 0.05) is 30.9 Å². The minimum atomic E-state index is -0.182. The third-order valence-corrected chi connectivity index (χ3v) is 4.44. The molecule has 0 unspecified atom stereocenters. The number of rotatable bonds is 7. The fourth-order valence-electron chi connectivity index (χ4n) is 3.02. The van der Waals surface area contributed by atoms with Crippen LogP contribution in [0.15, 0.2) is 42.5 Å². The fraction of sp³-hybridized carbons (Fsp3) is 0.300. The summed E-state index contributed by atoms with van der Waals surface area (Å²) in [5.74, 6) is 1.32. The Morgan fingerprint density at radius 1 is 1.19 bits per heavy atom. The molecule has 1 aliphatic heterocycles. The van der Waals surface area contributed by atoms with Gasteiger partial charge in [-0.1, -0.05) is 6.07 Å². The van der Waals surface area contributed by atoms with Crippen LogP contribution in [0.1, 0.15) is 15.9 Å². The van der Waals surface area contributed by atoms with Crippen molar-refractivity contribution in [2.45, 2.75) is 6.42 Å². The standard InChI is InChI=1S/C20H23N3O4/c1-26-17-6-7-18(27-2)14(13-17)8-9-21-19(24)15-4-3-5-16(12-15)23-11-10-22-20(23)25/h3-7,12-13H,8-11H2,1-2H3,(H,21,24)(H,22,25). The van der Waals surface area contributed by atoms with Gasteiger partial charge in [0.25, 0.3) is 5.91 Å². The van der Waals surface area contributed by atoms with E-state index >= 15 is 0 Å². The zero-order valence-corrected chi connectivity index (χ0v) is 15.5. The third kappa shape index (κ3) is 4.31. The van der Waals surface area contributed by atoms with Crippen molar-refractivity contribution in [2.75, 3.05) is 38.8 Å². The van der Waals surface area contributed by atoms with E-state index in [4.69, 9.17) is 9.47 Å². The molecule has 0 aliphatic carbocycles. The summed E-state index contributed by atoms with van der Waals surface area (Å²) in [6.07, 6.45) is 0.611. The van der Waals surface area contributed by atoms with Gasteiger partial charge in [-0.15, -0.1) is 0 Å². The Morgan fingerprint density at radius 3 is 2.74 bits per heavy atom. The first-order valence-corrected chi connectivity index (χ1v) is 8.77. The molecule has 0 radical (unpaired) electrons. The van der Waals surface area contributed by atoms with Crippen molar-refractivity contribution < 1.29 is 19.1 Å². The van der Waals surface area contributed by atoms with E-state index in [-0.39, 0.29) is 11.9 Å². The van der Waals surface area contributed by atoms with Gasteiger partial charge in [0.2, 0.25) is 0 Å². The Hall–Kier alpha value is -3.22. The molecule has 27 heavy (non-hydrogen) atoms. The minimum Gasteiger partial charge on any atom is -0.497 e. The highest BCUT2D eigenvalue weighted by Gasteiger charge is 2.21. The van der Waals surface area contributed by atoms with E-state index in [1.807, 2.05) is 24.3 Å². The molecule has 2 aromatic rings. The fourth-order valence-corrected chi connectivity index (χ4v) is 3.02. The Kier molecular flexibility index (Phi) is 5.80. The summed E-state index contributed by atoms with van der Waals surface area (Å²) < 4.78 is 10.6. The maximum atomic E-state index is 12.5. The van der Waals surface area contributed by atoms with Gasteiger partial charge in [0.15, 0.2) is 0 Å². The lowest BCUT2D eigenvalue weighted by atomic mass is 10.1. The smallest absolute Gasteiger partial charge is 0.321 e. The average molecular weight is 369 g/mol. The molecule has 3 amide bonds. The number of carbonyl (C=O) groups is 2. The van der Waals surface area contributed by atoms with E-state index < -0.39 is 0 Å². The number of hydrogen-bond acceptors (Lipinski definition) is 4. The monoisotopic (exact) mass is 369 g/mol. The van der Waals surface area contributed by atoms with Crippen LogP contribution in [-0.4, -0.2) is 45.8 Å². The third-order valence-electron chi connectivity index (χ3n) is 4.44. The van der Waals surface area contributed by atoms with Crippen molar-refractivity contribution in [1.29, 1.82) is 0 Å². The number of ether oxygens (including phenoxy) is 2. The van der Waals surface area contributed by atoms with Crippen molar-refractivity contribution in [3.05, 3.63) is 53.6 Å². The summed E-state index contributed by atoms with van der Waals surface area (Å²) in [5.41, 5.74) is 2.19. The number of benzene rings is 2. The number of amides is 3. The highest BCUT2D eigenvalue weighted by Crippen LogP contribution is 2.24. The minimum absolute atomic E-state index is 0.141. The zero-order valence-electron chi connectivity index (χ0n) is 15.5. The maximum Gasteiger partial charge on any atom is 0.321 e. The molecule has 2 N–H and O–H groups in total. The topological polar surface area (TPSA) is 79.9 Å². The van der Waals surface area contributed by atoms with Gasteiger partial charge in [0.1, 0.15) is 11.5 Å². The van der Waals surface area contributed by atoms with E-state index in [0.29, 0.717) is 37.3 Å². The van der Waals surface area contributed by atoms with Crippen LogP contribution < -0.4 is 25.0 Å². The van der Waals surface area contributed by atoms with Crippen molar-refractivity contribution in [1.82, 2.24) is 10.6 Å². The molecule has 0 bridgehead atoms. The summed E-state index contributed by atoms with van der Waals surface area (Å²) in [6, 6.07) is 12.5. The van der Waals surface area contributed by atoms with Gasteiger partial charge >= 0.3 is 6.03 Å². The molecule has 7 nitrogen and oxygen atoms in total. The number of nitrogens with one attached hydrogen (secondary N) is 2. The van der Waals surface area contributed by atoms with E-state index in [1.54, 1.807) is 37.3 Å². The number of nitrogens with zero attached hydrogens (tertiary/aromatic N) is 1. The van der Waals surface area contributed by atoms with Crippen LogP contribution in [-0.2, 0) is 6.42 Å². The molecule has 0 aromatic heterocycles. The summed E-state index contributed by atoms with van der Waals surface area (Å²) in [7, 11) is 3.23. The number of carbonyl (C=O) groups excluding carboxylic acids is 2. The molecule has 0 spiro atoms. The predicted octanol–water partition coefficient (Wildman–Crippen LogP) is 2.21. The Bertz CT molecular complexity index is 838. The molecule has 0 atom stereocenters. The van der Waals surface area contributed by atoms with Crippen LogP contribution in [0.3, 0.4) is 0 Å². The summed E-state index contributed by atoms with van der Waals surface area (Å²) in [6.45, 7) is 1.66. The van der Waals surface area contributed by atoms with Gasteiger partial charge in [-0.25, -0.2) is 4.79 Å². The van der Waals surface area contributed by atoms with Gasteiger partial charge in [-0.3, -0.25) is 9.69 Å². The molecular formula is C20H23N3O4. The lowest BCUT2D eigenvalue weighted by Gasteiger charge is -2.15. The average Bonchev–Trinajstić information content (AvgIpc) is 3.13. The zero-order chi connectivity index (χ0) is 19.2. The van der Waals surface area contributed by atoms with Crippen molar-refractivity contribution in [2.24, 2.45) is 0 Å². The first-order chi connectivity index (χ1) is 13.1. The molecule has 2 aromatic carbocycles. The maximum absolute atomic E-state index is 12.5. The number of urea groups is 1. The van der Waals surface area contributed by atoms with Crippen LogP contribution >= 0.6 is 0 Å². The lowest BCUT2D eigenvalue weighted by molar-refractivity contribution is 0.0954. The molecule has 3 rings (SSSR count). The predicted molar refractivity (Wildman–Crippen MR) is 103 cm³/mol. The molecule has 1 heterocycles.